The van der Waals surface area contributed by atoms with Gasteiger partial charge in [-0.3, -0.25) is 4.79 Å². The van der Waals surface area contributed by atoms with Crippen LogP contribution >= 0.6 is 15.9 Å². The van der Waals surface area contributed by atoms with E-state index in [0.29, 0.717) is 13.0 Å². The molecule has 0 fully saturated rings. The minimum Gasteiger partial charge on any atom is -0.384 e. The summed E-state index contributed by atoms with van der Waals surface area (Å²) in [4.78, 5) is 11.4. The maximum absolute atomic E-state index is 11.4. The van der Waals surface area contributed by atoms with Crippen LogP contribution in [0.4, 0.5) is 5.69 Å². The maximum Gasteiger partial charge on any atom is 0.226 e. The first-order chi connectivity index (χ1) is 7.11. The largest absolute Gasteiger partial charge is 0.384 e. The van der Waals surface area contributed by atoms with Gasteiger partial charge in [-0.15, -0.1) is 0 Å². The summed E-state index contributed by atoms with van der Waals surface area (Å²) in [5, 5.41) is 2.81. The van der Waals surface area contributed by atoms with E-state index in [1.54, 1.807) is 7.11 Å². The Balaban J connectivity index is 2.60. The van der Waals surface area contributed by atoms with E-state index in [2.05, 4.69) is 21.2 Å². The molecule has 0 spiro atoms. The second-order valence-electron chi connectivity index (χ2n) is 3.31. The predicted octanol–water partition coefficient (Wildman–Crippen LogP) is 2.73. The van der Waals surface area contributed by atoms with Gasteiger partial charge in [0.15, 0.2) is 0 Å². The molecule has 0 atom stereocenters. The summed E-state index contributed by atoms with van der Waals surface area (Å²) in [5.74, 6) is -0.0330. The monoisotopic (exact) mass is 271 g/mol. The summed E-state index contributed by atoms with van der Waals surface area (Å²) in [6.45, 7) is 2.42. The van der Waals surface area contributed by atoms with E-state index in [1.165, 1.54) is 0 Å². The van der Waals surface area contributed by atoms with Crippen LogP contribution in [0, 0.1) is 6.92 Å². The van der Waals surface area contributed by atoms with Crippen molar-refractivity contribution >= 4 is 27.5 Å². The number of amides is 1. The Bertz CT molecular complexity index is 332. The zero-order chi connectivity index (χ0) is 11.3. The fraction of sp³-hybridized carbons (Fsp3) is 0.364. The molecule has 0 saturated carbocycles. The first-order valence-corrected chi connectivity index (χ1v) is 5.47. The highest BCUT2D eigenvalue weighted by Gasteiger charge is 2.02. The molecule has 1 amide bonds. The van der Waals surface area contributed by atoms with Crippen LogP contribution in [0.3, 0.4) is 0 Å². The Hall–Kier alpha value is -0.870. The molecule has 0 heterocycles. The molecule has 4 heteroatoms. The second-order valence-corrected chi connectivity index (χ2v) is 4.22. The molecule has 0 bridgehead atoms. The lowest BCUT2D eigenvalue weighted by molar-refractivity contribution is -0.117. The normalized spacial score (nSPS) is 10.1. The Morgan fingerprint density at radius 1 is 1.47 bits per heavy atom. The maximum atomic E-state index is 11.4. The summed E-state index contributed by atoms with van der Waals surface area (Å²) in [7, 11) is 1.58. The number of anilines is 1. The zero-order valence-electron chi connectivity index (χ0n) is 8.84. The molecule has 1 aromatic rings. The van der Waals surface area contributed by atoms with Gasteiger partial charge >= 0.3 is 0 Å². The third-order valence-corrected chi connectivity index (χ3v) is 2.32. The topological polar surface area (TPSA) is 38.3 Å². The first-order valence-electron chi connectivity index (χ1n) is 4.68. The van der Waals surface area contributed by atoms with Crippen LogP contribution in [-0.2, 0) is 9.53 Å². The van der Waals surface area contributed by atoms with Gasteiger partial charge < -0.3 is 10.1 Å². The molecule has 0 aliphatic carbocycles. The van der Waals surface area contributed by atoms with Gasteiger partial charge in [0.05, 0.1) is 13.0 Å². The lowest BCUT2D eigenvalue weighted by atomic mass is 10.2. The van der Waals surface area contributed by atoms with Crippen molar-refractivity contribution in [2.75, 3.05) is 19.0 Å². The number of ether oxygens (including phenoxy) is 1. The number of carbonyl (C=O) groups excluding carboxylic acids is 1. The summed E-state index contributed by atoms with van der Waals surface area (Å²) in [6, 6.07) is 5.79. The van der Waals surface area contributed by atoms with Crippen LogP contribution < -0.4 is 5.32 Å². The SMILES string of the molecule is COCCC(=O)Nc1cc(C)cc(Br)c1. The molecule has 1 N–H and O–H groups in total. The highest BCUT2D eigenvalue weighted by Crippen LogP contribution is 2.19. The summed E-state index contributed by atoms with van der Waals surface area (Å²) in [5.41, 5.74) is 1.91. The van der Waals surface area contributed by atoms with Crippen molar-refractivity contribution in [3.63, 3.8) is 0 Å². The van der Waals surface area contributed by atoms with Crippen molar-refractivity contribution in [1.29, 1.82) is 0 Å². The molecule has 0 aliphatic rings. The fourth-order valence-electron chi connectivity index (χ4n) is 1.23. The number of hydrogen-bond donors (Lipinski definition) is 1. The molecule has 0 saturated heterocycles. The summed E-state index contributed by atoms with van der Waals surface area (Å²) < 4.78 is 5.79. The predicted molar refractivity (Wildman–Crippen MR) is 64.0 cm³/mol. The Morgan fingerprint density at radius 2 is 2.20 bits per heavy atom. The minimum atomic E-state index is -0.0330. The first kappa shape index (κ1) is 12.2. The molecular weight excluding hydrogens is 258 g/mol. The van der Waals surface area contributed by atoms with Gasteiger partial charge in [0.1, 0.15) is 0 Å². The number of benzene rings is 1. The van der Waals surface area contributed by atoms with Gasteiger partial charge in [0, 0.05) is 17.3 Å². The van der Waals surface area contributed by atoms with Gasteiger partial charge in [-0.05, 0) is 30.7 Å². The van der Waals surface area contributed by atoms with E-state index in [4.69, 9.17) is 4.74 Å². The van der Waals surface area contributed by atoms with E-state index in [0.717, 1.165) is 15.7 Å². The smallest absolute Gasteiger partial charge is 0.226 e. The van der Waals surface area contributed by atoms with Gasteiger partial charge in [-0.2, -0.15) is 0 Å². The molecule has 1 aromatic carbocycles. The average Bonchev–Trinajstić information content (AvgIpc) is 2.13. The van der Waals surface area contributed by atoms with Gasteiger partial charge in [0.2, 0.25) is 5.91 Å². The Labute approximate surface area is 97.9 Å². The van der Waals surface area contributed by atoms with E-state index in [-0.39, 0.29) is 5.91 Å². The quantitative estimate of drug-likeness (QED) is 0.915. The summed E-state index contributed by atoms with van der Waals surface area (Å²) >= 11 is 3.38. The minimum absolute atomic E-state index is 0.0330. The van der Waals surface area contributed by atoms with Crippen molar-refractivity contribution in [1.82, 2.24) is 0 Å². The van der Waals surface area contributed by atoms with E-state index in [9.17, 15) is 4.79 Å². The molecule has 3 nitrogen and oxygen atoms in total. The van der Waals surface area contributed by atoms with Gasteiger partial charge in [-0.1, -0.05) is 15.9 Å². The third kappa shape index (κ3) is 4.44. The molecule has 0 radical (unpaired) electrons. The Kier molecular flexibility index (Phi) is 4.78. The van der Waals surface area contributed by atoms with Crippen LogP contribution in [0.5, 0.6) is 0 Å². The lowest BCUT2D eigenvalue weighted by Crippen LogP contribution is -2.13. The highest BCUT2D eigenvalue weighted by molar-refractivity contribution is 9.10. The molecule has 0 aliphatic heterocycles. The van der Waals surface area contributed by atoms with Gasteiger partial charge in [-0.25, -0.2) is 0 Å². The molecule has 0 aromatic heterocycles. The molecular formula is C11H14BrNO2. The Morgan fingerprint density at radius 3 is 2.80 bits per heavy atom. The second kappa shape index (κ2) is 5.88. The van der Waals surface area contributed by atoms with Gasteiger partial charge in [0.25, 0.3) is 0 Å². The number of nitrogens with one attached hydrogen (secondary N) is 1. The lowest BCUT2D eigenvalue weighted by Gasteiger charge is -2.06. The molecule has 0 unspecified atom stereocenters. The highest BCUT2D eigenvalue weighted by atomic mass is 79.9. The number of methoxy groups -OCH3 is 1. The number of rotatable bonds is 4. The van der Waals surface area contributed by atoms with Crippen LogP contribution in [0.15, 0.2) is 22.7 Å². The molecule has 1 rings (SSSR count). The van der Waals surface area contributed by atoms with Crippen molar-refractivity contribution in [2.45, 2.75) is 13.3 Å². The van der Waals surface area contributed by atoms with E-state index < -0.39 is 0 Å². The van der Waals surface area contributed by atoms with Crippen molar-refractivity contribution in [3.8, 4) is 0 Å². The van der Waals surface area contributed by atoms with Crippen LogP contribution in [0.1, 0.15) is 12.0 Å². The van der Waals surface area contributed by atoms with Crippen LogP contribution in [-0.4, -0.2) is 19.6 Å². The van der Waals surface area contributed by atoms with Crippen molar-refractivity contribution < 1.29 is 9.53 Å². The van der Waals surface area contributed by atoms with Crippen molar-refractivity contribution in [2.24, 2.45) is 0 Å². The number of hydrogen-bond acceptors (Lipinski definition) is 2. The standard InChI is InChI=1S/C11H14BrNO2/c1-8-5-9(12)7-10(6-8)13-11(14)3-4-15-2/h5-7H,3-4H2,1-2H3,(H,13,14). The summed E-state index contributed by atoms with van der Waals surface area (Å²) in [6.07, 6.45) is 0.377. The van der Waals surface area contributed by atoms with E-state index >= 15 is 0 Å². The number of carbonyl (C=O) groups is 1. The van der Waals surface area contributed by atoms with Crippen LogP contribution in [0.2, 0.25) is 0 Å². The number of aryl methyl sites for hydroxylation is 1. The fourth-order valence-corrected chi connectivity index (χ4v) is 1.83. The zero-order valence-corrected chi connectivity index (χ0v) is 10.4. The van der Waals surface area contributed by atoms with E-state index in [1.807, 2.05) is 25.1 Å². The van der Waals surface area contributed by atoms with Crippen molar-refractivity contribution in [3.05, 3.63) is 28.2 Å². The molecule has 82 valence electrons. The van der Waals surface area contributed by atoms with Crippen LogP contribution in [0.25, 0.3) is 0 Å². The third-order valence-electron chi connectivity index (χ3n) is 1.86. The number of halogens is 1. The molecule has 15 heavy (non-hydrogen) atoms. The average molecular weight is 272 g/mol.